The third-order valence-electron chi connectivity index (χ3n) is 7.47. The lowest BCUT2D eigenvalue weighted by atomic mass is 9.94. The van der Waals surface area contributed by atoms with Crippen molar-refractivity contribution in [2.75, 3.05) is 6.54 Å². The minimum atomic E-state index is -0.860. The fraction of sp³-hybridized carbons (Fsp3) is 0.323. The Hall–Kier alpha value is -3.73. The molecule has 2 atom stereocenters. The van der Waals surface area contributed by atoms with E-state index >= 15 is 0 Å². The largest absolute Gasteiger partial charge is 0.419 e. The van der Waals surface area contributed by atoms with Crippen molar-refractivity contribution in [2.45, 2.75) is 58.5 Å². The summed E-state index contributed by atoms with van der Waals surface area (Å²) in [5, 5.41) is 12.6. The number of rotatable bonds is 7. The number of aromatic nitrogens is 4. The van der Waals surface area contributed by atoms with Crippen molar-refractivity contribution >= 4 is 28.6 Å². The number of carbonyl (C=O) groups excluding carboxylic acids is 1. The second kappa shape index (κ2) is 10.9. The molecule has 210 valence electrons. The second-order valence-electron chi connectivity index (χ2n) is 10.9. The molecule has 1 aliphatic heterocycles. The molecule has 8 nitrogen and oxygen atoms in total. The summed E-state index contributed by atoms with van der Waals surface area (Å²) in [5.74, 6) is 0.620. The van der Waals surface area contributed by atoms with Gasteiger partial charge in [-0.25, -0.2) is 9.97 Å². The molecule has 0 spiro atoms. The number of nitrogens with two attached hydrogens (primary N) is 1. The molecular weight excluding hydrogens is 553 g/mol. The van der Waals surface area contributed by atoms with Crippen molar-refractivity contribution < 1.29 is 9.21 Å². The maximum absolute atomic E-state index is 14.0. The maximum Gasteiger partial charge on any atom is 0.254 e. The van der Waals surface area contributed by atoms with Gasteiger partial charge in [0.2, 0.25) is 11.8 Å². The lowest BCUT2D eigenvalue weighted by Gasteiger charge is -2.23. The van der Waals surface area contributed by atoms with E-state index in [9.17, 15) is 4.79 Å². The highest BCUT2D eigenvalue weighted by Gasteiger charge is 2.34. The highest BCUT2D eigenvalue weighted by Crippen LogP contribution is 2.37. The molecular formula is C31H32N6O2S2. The van der Waals surface area contributed by atoms with Gasteiger partial charge in [-0.15, -0.1) is 32.9 Å². The summed E-state index contributed by atoms with van der Waals surface area (Å²) in [4.78, 5) is 26.6. The lowest BCUT2D eigenvalue weighted by Crippen LogP contribution is -2.35. The van der Waals surface area contributed by atoms with Crippen LogP contribution in [0.1, 0.15) is 68.9 Å². The van der Waals surface area contributed by atoms with E-state index in [4.69, 9.17) is 15.1 Å². The molecule has 5 aromatic rings. The topological polar surface area (TPSA) is 111 Å². The average molecular weight is 585 g/mol. The number of nitrogens with zero attached hydrogens (tertiary/aromatic N) is 5. The van der Waals surface area contributed by atoms with Gasteiger partial charge in [-0.3, -0.25) is 4.79 Å². The van der Waals surface area contributed by atoms with Crippen LogP contribution in [-0.2, 0) is 12.0 Å². The van der Waals surface area contributed by atoms with Crippen LogP contribution in [-0.4, -0.2) is 37.5 Å². The molecule has 6 rings (SSSR count). The standard InChI is InChI=1S/C31H32N6O2S2/c1-18-17-40-28(33-18)25-11-8-12-37(25)29(38)24-14-22(13-23(15-24)27-34-19(2)20(3)41-27)26-35-36-30(39-26)31(4,32)16-21-9-6-5-7-10-21/h5-7,9-10,13-15,17,25H,8,11-12,16,32H2,1-4H3. The molecule has 10 heteroatoms. The Morgan fingerprint density at radius 2 is 1.88 bits per heavy atom. The zero-order valence-electron chi connectivity index (χ0n) is 23.5. The van der Waals surface area contributed by atoms with Gasteiger partial charge in [-0.1, -0.05) is 30.3 Å². The number of thiazole rings is 2. The van der Waals surface area contributed by atoms with E-state index in [0.29, 0.717) is 35.9 Å². The molecule has 0 aliphatic carbocycles. The third-order valence-corrected chi connectivity index (χ3v) is 9.65. The molecule has 0 saturated carbocycles. The van der Waals surface area contributed by atoms with Crippen molar-refractivity contribution in [1.82, 2.24) is 25.1 Å². The van der Waals surface area contributed by atoms with Crippen molar-refractivity contribution in [2.24, 2.45) is 5.73 Å². The Morgan fingerprint density at radius 3 is 2.59 bits per heavy atom. The van der Waals surface area contributed by atoms with Crippen LogP contribution in [0.3, 0.4) is 0 Å². The first-order chi connectivity index (χ1) is 19.7. The van der Waals surface area contributed by atoms with Gasteiger partial charge in [0, 0.05) is 39.2 Å². The van der Waals surface area contributed by atoms with Gasteiger partial charge < -0.3 is 15.1 Å². The van der Waals surface area contributed by atoms with Crippen molar-refractivity contribution in [3.8, 4) is 22.0 Å². The Labute approximate surface area is 247 Å². The second-order valence-corrected chi connectivity index (χ2v) is 13.0. The number of carbonyl (C=O) groups is 1. The quantitative estimate of drug-likeness (QED) is 0.228. The molecule has 0 bridgehead atoms. The molecule has 2 N–H and O–H groups in total. The molecule has 3 aromatic heterocycles. The van der Waals surface area contributed by atoms with E-state index in [-0.39, 0.29) is 11.9 Å². The monoisotopic (exact) mass is 584 g/mol. The van der Waals surface area contributed by atoms with Crippen molar-refractivity contribution in [3.63, 3.8) is 0 Å². The van der Waals surface area contributed by atoms with E-state index in [1.807, 2.05) is 79.6 Å². The SMILES string of the molecule is Cc1csc(C2CCCN2C(=O)c2cc(-c3nnc(C(C)(N)Cc4ccccc4)o3)cc(-c3nc(C)c(C)s3)c2)n1. The van der Waals surface area contributed by atoms with E-state index in [1.54, 1.807) is 22.7 Å². The Bertz CT molecular complexity index is 1680. The van der Waals surface area contributed by atoms with E-state index in [1.165, 1.54) is 0 Å². The molecule has 4 heterocycles. The molecule has 2 unspecified atom stereocenters. The summed E-state index contributed by atoms with van der Waals surface area (Å²) < 4.78 is 6.18. The fourth-order valence-electron chi connectivity index (χ4n) is 5.22. The van der Waals surface area contributed by atoms with Crippen LogP contribution in [0.15, 0.2) is 58.3 Å². The van der Waals surface area contributed by atoms with Crippen LogP contribution < -0.4 is 5.73 Å². The van der Waals surface area contributed by atoms with Gasteiger partial charge >= 0.3 is 0 Å². The highest BCUT2D eigenvalue weighted by atomic mass is 32.1. The van der Waals surface area contributed by atoms with Crippen LogP contribution in [0.2, 0.25) is 0 Å². The van der Waals surface area contributed by atoms with Gasteiger partial charge in [-0.2, -0.15) is 0 Å². The van der Waals surface area contributed by atoms with E-state index in [2.05, 4.69) is 22.1 Å². The molecule has 1 aliphatic rings. The summed E-state index contributed by atoms with van der Waals surface area (Å²) in [7, 11) is 0. The maximum atomic E-state index is 14.0. The fourth-order valence-corrected chi connectivity index (χ4v) is 7.06. The molecule has 1 saturated heterocycles. The minimum Gasteiger partial charge on any atom is -0.419 e. The zero-order valence-corrected chi connectivity index (χ0v) is 25.2. The van der Waals surface area contributed by atoms with Gasteiger partial charge in [0.1, 0.15) is 10.0 Å². The summed E-state index contributed by atoms with van der Waals surface area (Å²) in [6.45, 7) is 8.61. The molecule has 41 heavy (non-hydrogen) atoms. The number of benzene rings is 2. The molecule has 2 aromatic carbocycles. The Balaban J connectivity index is 1.37. The van der Waals surface area contributed by atoms with E-state index < -0.39 is 5.54 Å². The molecule has 1 fully saturated rings. The number of amides is 1. The summed E-state index contributed by atoms with van der Waals surface area (Å²) in [6.07, 6.45) is 2.39. The first-order valence-corrected chi connectivity index (χ1v) is 15.4. The van der Waals surface area contributed by atoms with Crippen molar-refractivity contribution in [3.05, 3.63) is 92.2 Å². The van der Waals surface area contributed by atoms with Crippen LogP contribution in [0, 0.1) is 20.8 Å². The van der Waals surface area contributed by atoms with Crippen LogP contribution >= 0.6 is 22.7 Å². The molecule has 1 amide bonds. The minimum absolute atomic E-state index is 0.0244. The third kappa shape index (κ3) is 5.59. The highest BCUT2D eigenvalue weighted by molar-refractivity contribution is 7.15. The Morgan fingerprint density at radius 1 is 1.10 bits per heavy atom. The van der Waals surface area contributed by atoms with Crippen LogP contribution in [0.25, 0.3) is 22.0 Å². The smallest absolute Gasteiger partial charge is 0.254 e. The number of aryl methyl sites for hydroxylation is 3. The number of hydrogen-bond acceptors (Lipinski definition) is 9. The summed E-state index contributed by atoms with van der Waals surface area (Å²) in [5.41, 5.74) is 10.9. The van der Waals surface area contributed by atoms with E-state index in [0.717, 1.165) is 50.2 Å². The summed E-state index contributed by atoms with van der Waals surface area (Å²) >= 11 is 3.22. The van der Waals surface area contributed by atoms with Gasteiger partial charge in [-0.05, 0) is 70.7 Å². The predicted octanol–water partition coefficient (Wildman–Crippen LogP) is 6.64. The van der Waals surface area contributed by atoms with Gasteiger partial charge in [0.15, 0.2) is 0 Å². The average Bonchev–Trinajstić information content (AvgIpc) is 3.76. The normalized spacial score (nSPS) is 16.7. The first-order valence-electron chi connectivity index (χ1n) is 13.7. The number of hydrogen-bond donors (Lipinski definition) is 1. The summed E-state index contributed by atoms with van der Waals surface area (Å²) in [6, 6.07) is 15.7. The predicted molar refractivity (Wildman–Crippen MR) is 162 cm³/mol. The lowest BCUT2D eigenvalue weighted by molar-refractivity contribution is 0.0735. The number of likely N-dealkylation sites (tertiary alicyclic amines) is 1. The van der Waals surface area contributed by atoms with Gasteiger partial charge in [0.25, 0.3) is 5.91 Å². The molecule has 0 radical (unpaired) electrons. The zero-order chi connectivity index (χ0) is 28.7. The first kappa shape index (κ1) is 27.4. The van der Waals surface area contributed by atoms with Crippen LogP contribution in [0.4, 0.5) is 0 Å². The van der Waals surface area contributed by atoms with Crippen LogP contribution in [0.5, 0.6) is 0 Å². The Kier molecular flexibility index (Phi) is 7.31. The van der Waals surface area contributed by atoms with Gasteiger partial charge in [0.05, 0.1) is 17.3 Å². The van der Waals surface area contributed by atoms with Crippen molar-refractivity contribution in [1.29, 1.82) is 0 Å².